The third-order valence-electron chi connectivity index (χ3n) is 5.08. The Labute approximate surface area is 185 Å². The number of amides is 2. The predicted octanol–water partition coefficient (Wildman–Crippen LogP) is 3.51. The van der Waals surface area contributed by atoms with Crippen molar-refractivity contribution in [3.05, 3.63) is 65.2 Å². The summed E-state index contributed by atoms with van der Waals surface area (Å²) in [7, 11) is 3.17. The molecular weight excluding hydrogens is 396 g/mol. The maximum absolute atomic E-state index is 13.2. The van der Waals surface area contributed by atoms with Crippen LogP contribution < -0.4 is 15.4 Å². The molecular formula is C24H32N2O3S. The number of methoxy groups -OCH3 is 1. The van der Waals surface area contributed by atoms with Crippen LogP contribution in [-0.2, 0) is 27.2 Å². The van der Waals surface area contributed by atoms with Crippen LogP contribution in [-0.4, -0.2) is 32.0 Å². The number of likely N-dealkylation sites (N-methyl/N-ethyl adjacent to an activating group) is 1. The molecule has 0 aliphatic rings. The van der Waals surface area contributed by atoms with Crippen LogP contribution in [0, 0.1) is 5.92 Å². The Kier molecular flexibility index (Phi) is 8.35. The lowest BCUT2D eigenvalue weighted by molar-refractivity contribution is -0.129. The largest absolute Gasteiger partial charge is 0.497 e. The number of benzene rings is 2. The fraction of sp³-hybridized carbons (Fsp3) is 0.417. The van der Waals surface area contributed by atoms with Gasteiger partial charge < -0.3 is 15.4 Å². The third-order valence-corrected chi connectivity index (χ3v) is 5.52. The summed E-state index contributed by atoms with van der Waals surface area (Å²) < 4.78 is 4.11. The van der Waals surface area contributed by atoms with E-state index < -0.39 is 10.8 Å². The third kappa shape index (κ3) is 6.02. The van der Waals surface area contributed by atoms with Crippen LogP contribution in [0.25, 0.3) is 0 Å². The molecule has 6 heteroatoms. The molecule has 0 aromatic heterocycles. The molecule has 0 aliphatic heterocycles. The van der Waals surface area contributed by atoms with Crippen molar-refractivity contribution in [1.29, 1.82) is 0 Å². The number of nitrogens with one attached hydrogen (secondary N) is 2. The lowest BCUT2D eigenvalue weighted by Gasteiger charge is -2.29. The molecule has 5 nitrogen and oxygen atoms in total. The molecule has 2 amide bonds. The van der Waals surface area contributed by atoms with Crippen molar-refractivity contribution in [2.45, 2.75) is 44.4 Å². The number of hydrogen-bond acceptors (Lipinski definition) is 4. The molecule has 0 saturated carbocycles. The van der Waals surface area contributed by atoms with Gasteiger partial charge in [0, 0.05) is 13.5 Å². The summed E-state index contributed by atoms with van der Waals surface area (Å²) in [6.45, 7) is 6.06. The lowest BCUT2D eigenvalue weighted by atomic mass is 9.89. The number of ether oxygens (including phenoxy) is 1. The van der Waals surface area contributed by atoms with Crippen molar-refractivity contribution in [3.8, 4) is 5.75 Å². The van der Waals surface area contributed by atoms with Crippen LogP contribution in [0.1, 0.15) is 37.5 Å². The fourth-order valence-corrected chi connectivity index (χ4v) is 3.70. The van der Waals surface area contributed by atoms with Gasteiger partial charge >= 0.3 is 0 Å². The molecule has 2 atom stereocenters. The fourth-order valence-electron chi connectivity index (χ4n) is 3.41. The number of carbonyl (C=O) groups is 2. The minimum absolute atomic E-state index is 0.251. The van der Waals surface area contributed by atoms with Crippen molar-refractivity contribution >= 4 is 24.4 Å². The van der Waals surface area contributed by atoms with Crippen LogP contribution in [0.5, 0.6) is 5.75 Å². The van der Waals surface area contributed by atoms with Crippen molar-refractivity contribution < 1.29 is 14.3 Å². The van der Waals surface area contributed by atoms with E-state index in [1.165, 1.54) is 0 Å². The second-order valence-corrected chi connectivity index (χ2v) is 8.91. The number of rotatable bonds is 9. The van der Waals surface area contributed by atoms with Gasteiger partial charge in [0.15, 0.2) is 0 Å². The highest BCUT2D eigenvalue weighted by Crippen LogP contribution is 2.32. The van der Waals surface area contributed by atoms with E-state index >= 15 is 0 Å². The smallest absolute Gasteiger partial charge is 0.242 e. The molecule has 0 aliphatic carbocycles. The zero-order valence-corrected chi connectivity index (χ0v) is 19.3. The Hall–Kier alpha value is -2.47. The maximum atomic E-state index is 13.2. The van der Waals surface area contributed by atoms with Gasteiger partial charge in [0.05, 0.1) is 7.11 Å². The minimum atomic E-state index is -1.07. The minimum Gasteiger partial charge on any atom is -0.497 e. The van der Waals surface area contributed by atoms with Crippen molar-refractivity contribution in [1.82, 2.24) is 10.6 Å². The number of hydrogen-bond donors (Lipinski definition) is 3. The highest BCUT2D eigenvalue weighted by Gasteiger charge is 2.35. The maximum Gasteiger partial charge on any atom is 0.242 e. The Balaban J connectivity index is 2.24. The van der Waals surface area contributed by atoms with E-state index in [0.717, 1.165) is 28.9 Å². The molecule has 30 heavy (non-hydrogen) atoms. The first-order valence-electron chi connectivity index (χ1n) is 10.1. The van der Waals surface area contributed by atoms with Crippen molar-refractivity contribution in [2.75, 3.05) is 14.2 Å². The highest BCUT2D eigenvalue weighted by atomic mass is 32.1. The summed E-state index contributed by atoms with van der Waals surface area (Å²) in [6.07, 6.45) is 1.22. The van der Waals surface area contributed by atoms with Gasteiger partial charge in [-0.1, -0.05) is 50.2 Å². The highest BCUT2D eigenvalue weighted by molar-refractivity contribution is 7.82. The van der Waals surface area contributed by atoms with Crippen LogP contribution in [0.15, 0.2) is 48.5 Å². The molecule has 2 aromatic carbocycles. The predicted molar refractivity (Wildman–Crippen MR) is 124 cm³/mol. The zero-order valence-electron chi connectivity index (χ0n) is 18.4. The Morgan fingerprint density at radius 3 is 2.27 bits per heavy atom. The first-order valence-corrected chi connectivity index (χ1v) is 10.6. The lowest BCUT2D eigenvalue weighted by Crippen LogP contribution is -2.51. The normalized spacial score (nSPS) is 14.0. The molecule has 0 heterocycles. The van der Waals surface area contributed by atoms with E-state index in [4.69, 9.17) is 17.4 Å². The van der Waals surface area contributed by atoms with Gasteiger partial charge in [-0.2, -0.15) is 12.6 Å². The van der Waals surface area contributed by atoms with Crippen molar-refractivity contribution in [2.24, 2.45) is 5.92 Å². The van der Waals surface area contributed by atoms with Crippen LogP contribution >= 0.6 is 12.6 Å². The molecule has 0 fully saturated rings. The van der Waals surface area contributed by atoms with E-state index in [2.05, 4.69) is 24.5 Å². The SMILES string of the molecule is CNC(=O)C(Cc1ccc(OC)cc1)NC(=O)C(C)(S)c1ccccc1CC(C)C. The summed E-state index contributed by atoms with van der Waals surface area (Å²) in [5, 5.41) is 5.54. The first-order chi connectivity index (χ1) is 14.2. The number of thiol groups is 1. The Morgan fingerprint density at radius 2 is 1.70 bits per heavy atom. The summed E-state index contributed by atoms with van der Waals surface area (Å²) in [5.74, 6) is 0.638. The molecule has 2 rings (SSSR count). The van der Waals surface area contributed by atoms with Gasteiger partial charge in [0.1, 0.15) is 16.5 Å². The first kappa shape index (κ1) is 23.8. The topological polar surface area (TPSA) is 67.4 Å². The van der Waals surface area contributed by atoms with Crippen LogP contribution in [0.3, 0.4) is 0 Å². The molecule has 0 saturated heterocycles. The number of carbonyl (C=O) groups excluding carboxylic acids is 2. The second-order valence-electron chi connectivity index (χ2n) is 8.02. The Morgan fingerprint density at radius 1 is 1.07 bits per heavy atom. The van der Waals surface area contributed by atoms with E-state index in [-0.39, 0.29) is 11.8 Å². The molecule has 0 spiro atoms. The zero-order chi connectivity index (χ0) is 22.3. The van der Waals surface area contributed by atoms with E-state index in [0.29, 0.717) is 12.3 Å². The Bertz CT molecular complexity index is 863. The van der Waals surface area contributed by atoms with Gasteiger partial charge in [-0.3, -0.25) is 9.59 Å². The summed E-state index contributed by atoms with van der Waals surface area (Å²) in [6, 6.07) is 14.6. The van der Waals surface area contributed by atoms with Gasteiger partial charge in [0.2, 0.25) is 11.8 Å². The second kappa shape index (κ2) is 10.5. The molecule has 0 radical (unpaired) electrons. The molecule has 162 valence electrons. The standard InChI is InChI=1S/C24H32N2O3S/c1-16(2)14-18-8-6-7-9-20(18)24(3,30)23(28)26-21(22(27)25-4)15-17-10-12-19(29-5)13-11-17/h6-13,16,21,30H,14-15H2,1-5H3,(H,25,27)(H,26,28). The average Bonchev–Trinajstić information content (AvgIpc) is 2.72. The van der Waals surface area contributed by atoms with Crippen molar-refractivity contribution in [3.63, 3.8) is 0 Å². The van der Waals surface area contributed by atoms with E-state index in [1.807, 2.05) is 48.5 Å². The molecule has 2 N–H and O–H groups in total. The average molecular weight is 429 g/mol. The molecule has 2 unspecified atom stereocenters. The van der Waals surface area contributed by atoms with Gasteiger partial charge in [-0.05, 0) is 48.1 Å². The van der Waals surface area contributed by atoms with E-state index in [9.17, 15) is 9.59 Å². The molecule has 0 bridgehead atoms. The monoisotopic (exact) mass is 428 g/mol. The molecule has 2 aromatic rings. The van der Waals surface area contributed by atoms with Gasteiger partial charge in [-0.25, -0.2) is 0 Å². The van der Waals surface area contributed by atoms with Crippen LogP contribution in [0.4, 0.5) is 0 Å². The van der Waals surface area contributed by atoms with E-state index in [1.54, 1.807) is 21.1 Å². The quantitative estimate of drug-likeness (QED) is 0.536. The van der Waals surface area contributed by atoms with Gasteiger partial charge in [-0.15, -0.1) is 0 Å². The van der Waals surface area contributed by atoms with Crippen LogP contribution in [0.2, 0.25) is 0 Å². The summed E-state index contributed by atoms with van der Waals surface area (Å²) in [5.41, 5.74) is 2.87. The summed E-state index contributed by atoms with van der Waals surface area (Å²) in [4.78, 5) is 25.7. The summed E-state index contributed by atoms with van der Waals surface area (Å²) >= 11 is 4.73. The van der Waals surface area contributed by atoms with Gasteiger partial charge in [0.25, 0.3) is 0 Å².